The molecule has 0 nitrogen and oxygen atoms in total. The molecule has 0 aromatic carbocycles. The first kappa shape index (κ1) is 24.4. The number of halogens is 2. The summed E-state index contributed by atoms with van der Waals surface area (Å²) in [7, 11) is 0. The predicted molar refractivity (Wildman–Crippen MR) is 46.2 cm³/mol. The lowest BCUT2D eigenvalue weighted by molar-refractivity contribution is 1.80. The van der Waals surface area contributed by atoms with Crippen LogP contribution in [-0.2, 0) is 0 Å². The maximum absolute atomic E-state index is 3.36. The molecule has 0 aromatic rings. The highest BCUT2D eigenvalue weighted by molar-refractivity contribution is 5.85. The highest BCUT2D eigenvalue weighted by Gasteiger charge is 1.15. The van der Waals surface area contributed by atoms with Crippen LogP contribution in [0.2, 0.25) is 0 Å². The fraction of sp³-hybridized carbons (Fsp3) is 0.333. The molecule has 0 N–H and O–H groups in total. The Bertz CT molecular complexity index is 27.5. The number of rotatable bonds is 0. The summed E-state index contributed by atoms with van der Waals surface area (Å²) in [5.41, 5.74) is 0. The molecule has 0 atom stereocenters. The molecular formula is C6H14Cl2. The Morgan fingerprint density at radius 3 is 0.875 bits per heavy atom. The fourth-order valence-corrected chi connectivity index (χ4v) is 0. The van der Waals surface area contributed by atoms with Gasteiger partial charge in [-0.05, 0) is 13.8 Å². The van der Waals surface area contributed by atoms with E-state index in [0.717, 1.165) is 0 Å². The highest BCUT2D eigenvalue weighted by Crippen LogP contribution is 1.38. The Kier molecular flexibility index (Phi) is 186. The molecule has 0 aromatic heterocycles. The summed E-state index contributed by atoms with van der Waals surface area (Å²) in [6.07, 6.45) is 3.50. The Morgan fingerprint density at radius 1 is 0.875 bits per heavy atom. The molecule has 0 spiro atoms. The zero-order chi connectivity index (χ0) is 5.41. The van der Waals surface area contributed by atoms with E-state index in [0.29, 0.717) is 0 Å². The van der Waals surface area contributed by atoms with Crippen LogP contribution in [0.1, 0.15) is 13.8 Å². The van der Waals surface area contributed by atoms with Crippen LogP contribution in [0.4, 0.5) is 0 Å². The molecule has 0 radical (unpaired) electrons. The second-order valence-electron chi connectivity index (χ2n) is 0.816. The third-order valence-electron chi connectivity index (χ3n) is 0. The lowest BCUT2D eigenvalue weighted by Gasteiger charge is -1.31. The second-order valence-corrected chi connectivity index (χ2v) is 0.816. The van der Waals surface area contributed by atoms with Crippen molar-refractivity contribution in [2.45, 2.75) is 13.8 Å². The van der Waals surface area contributed by atoms with Crippen LogP contribution < -0.4 is 0 Å². The van der Waals surface area contributed by atoms with E-state index in [1.165, 1.54) is 0 Å². The van der Waals surface area contributed by atoms with Crippen molar-refractivity contribution in [2.24, 2.45) is 0 Å². The standard InChI is InChI=1S/2C3H6.2ClH/c2*1-3-2;;/h2*3H,1H2,2H3;2*1H. The van der Waals surface area contributed by atoms with Gasteiger partial charge >= 0.3 is 0 Å². The molecule has 52 valence electrons. The lowest BCUT2D eigenvalue weighted by Crippen LogP contribution is -1.07. The molecule has 0 saturated heterocycles. The summed E-state index contributed by atoms with van der Waals surface area (Å²) in [6.45, 7) is 10.5. The minimum Gasteiger partial charge on any atom is -0.147 e. The van der Waals surface area contributed by atoms with E-state index in [-0.39, 0.29) is 24.8 Å². The largest absolute Gasteiger partial charge is 0.147 e. The number of hydrogen-bond donors (Lipinski definition) is 0. The van der Waals surface area contributed by atoms with Gasteiger partial charge in [-0.3, -0.25) is 0 Å². The molecule has 0 fully saturated rings. The second kappa shape index (κ2) is 61.1. The van der Waals surface area contributed by atoms with E-state index in [9.17, 15) is 0 Å². The molecule has 0 aliphatic heterocycles. The first-order chi connectivity index (χ1) is 2.83. The smallest absolute Gasteiger partial charge is 0.0473 e. The minimum atomic E-state index is 0. The van der Waals surface area contributed by atoms with Crippen LogP contribution in [0.3, 0.4) is 0 Å². The first-order valence-corrected chi connectivity index (χ1v) is 1.97. The van der Waals surface area contributed by atoms with Crippen molar-refractivity contribution in [3.8, 4) is 0 Å². The van der Waals surface area contributed by atoms with E-state index in [1.807, 2.05) is 13.8 Å². The van der Waals surface area contributed by atoms with Gasteiger partial charge in [0.1, 0.15) is 0 Å². The summed E-state index contributed by atoms with van der Waals surface area (Å²) >= 11 is 0. The summed E-state index contributed by atoms with van der Waals surface area (Å²) in [5, 5.41) is 0. The molecule has 0 amide bonds. The molecule has 0 saturated carbocycles. The third kappa shape index (κ3) is 43100. The molecular weight excluding hydrogens is 143 g/mol. The first-order valence-electron chi connectivity index (χ1n) is 1.97. The molecule has 2 heteroatoms. The van der Waals surface area contributed by atoms with Gasteiger partial charge in [-0.25, -0.2) is 0 Å². The fourth-order valence-electron chi connectivity index (χ4n) is 0. The van der Waals surface area contributed by atoms with Crippen LogP contribution in [0.15, 0.2) is 25.3 Å². The van der Waals surface area contributed by atoms with E-state index < -0.39 is 0 Å². The molecule has 0 heterocycles. The molecule has 8 heavy (non-hydrogen) atoms. The van der Waals surface area contributed by atoms with Crippen molar-refractivity contribution in [2.75, 3.05) is 0 Å². The van der Waals surface area contributed by atoms with E-state index in [4.69, 9.17) is 0 Å². The molecule has 0 bridgehead atoms. The normalized spacial score (nSPS) is 3.25. The zero-order valence-electron chi connectivity index (χ0n) is 5.39. The maximum Gasteiger partial charge on any atom is -0.0473 e. The van der Waals surface area contributed by atoms with E-state index >= 15 is 0 Å². The van der Waals surface area contributed by atoms with Crippen LogP contribution in [0.5, 0.6) is 0 Å². The van der Waals surface area contributed by atoms with Gasteiger partial charge in [0.25, 0.3) is 0 Å². The van der Waals surface area contributed by atoms with Crippen molar-refractivity contribution >= 4 is 24.8 Å². The van der Waals surface area contributed by atoms with Crippen LogP contribution in [-0.4, -0.2) is 0 Å². The van der Waals surface area contributed by atoms with Crippen LogP contribution >= 0.6 is 24.8 Å². The maximum atomic E-state index is 3.36. The van der Waals surface area contributed by atoms with Crippen LogP contribution in [0.25, 0.3) is 0 Å². The van der Waals surface area contributed by atoms with Gasteiger partial charge in [0.05, 0.1) is 0 Å². The van der Waals surface area contributed by atoms with Gasteiger partial charge in [-0.2, -0.15) is 0 Å². The predicted octanol–water partition coefficient (Wildman–Crippen LogP) is 3.23. The van der Waals surface area contributed by atoms with Crippen LogP contribution in [0, 0.1) is 0 Å². The topological polar surface area (TPSA) is 0 Å². The van der Waals surface area contributed by atoms with Crippen molar-refractivity contribution in [3.05, 3.63) is 25.3 Å². The van der Waals surface area contributed by atoms with Gasteiger partial charge in [-0.1, -0.05) is 12.2 Å². The molecule has 0 aliphatic carbocycles. The summed E-state index contributed by atoms with van der Waals surface area (Å²) < 4.78 is 0. The van der Waals surface area contributed by atoms with Gasteiger partial charge in [0.2, 0.25) is 0 Å². The average molecular weight is 157 g/mol. The monoisotopic (exact) mass is 156 g/mol. The van der Waals surface area contributed by atoms with Gasteiger partial charge in [-0.15, -0.1) is 38.0 Å². The molecule has 0 unspecified atom stereocenters. The van der Waals surface area contributed by atoms with Crippen molar-refractivity contribution in [1.29, 1.82) is 0 Å². The lowest BCUT2D eigenvalue weighted by atomic mass is 10.8. The van der Waals surface area contributed by atoms with Gasteiger partial charge in [0.15, 0.2) is 0 Å². The summed E-state index contributed by atoms with van der Waals surface area (Å²) in [6, 6.07) is 0. The SMILES string of the molecule is C=CC.C=CC.Cl.Cl. The molecule has 0 rings (SSSR count). The zero-order valence-corrected chi connectivity index (χ0v) is 7.02. The summed E-state index contributed by atoms with van der Waals surface area (Å²) in [4.78, 5) is 0. The minimum absolute atomic E-state index is 0. The van der Waals surface area contributed by atoms with Crippen molar-refractivity contribution < 1.29 is 0 Å². The van der Waals surface area contributed by atoms with E-state index in [2.05, 4.69) is 13.2 Å². The Balaban J connectivity index is -0.0000000160. The Morgan fingerprint density at radius 2 is 0.875 bits per heavy atom. The van der Waals surface area contributed by atoms with Gasteiger partial charge in [0, 0.05) is 0 Å². The Hall–Kier alpha value is 0.0600. The van der Waals surface area contributed by atoms with Gasteiger partial charge < -0.3 is 0 Å². The quantitative estimate of drug-likeness (QED) is 0.473. The highest BCUT2D eigenvalue weighted by atomic mass is 35.5. The summed E-state index contributed by atoms with van der Waals surface area (Å²) in [5.74, 6) is 0. The van der Waals surface area contributed by atoms with Crippen molar-refractivity contribution in [3.63, 3.8) is 0 Å². The molecule has 0 aliphatic rings. The van der Waals surface area contributed by atoms with Crippen molar-refractivity contribution in [1.82, 2.24) is 0 Å². The number of allylic oxidation sites excluding steroid dienone is 2. The Labute approximate surface area is 64.5 Å². The third-order valence-corrected chi connectivity index (χ3v) is 0. The van der Waals surface area contributed by atoms with E-state index in [1.54, 1.807) is 12.2 Å². The number of hydrogen-bond acceptors (Lipinski definition) is 0. The average Bonchev–Trinajstić information content (AvgIpc) is 1.39.